The van der Waals surface area contributed by atoms with Crippen LogP contribution in [0.25, 0.3) is 11.4 Å². The molecule has 0 aliphatic rings. The molecule has 5 nitrogen and oxygen atoms in total. The Balaban J connectivity index is 2.24. The molecule has 0 spiro atoms. The molecule has 2 rings (SSSR count). The maximum absolute atomic E-state index is 13.5. The molecule has 6 heteroatoms. The summed E-state index contributed by atoms with van der Waals surface area (Å²) in [4.78, 5) is 18.6. The second-order valence-corrected chi connectivity index (χ2v) is 4.02. The van der Waals surface area contributed by atoms with E-state index in [-0.39, 0.29) is 12.2 Å². The maximum atomic E-state index is 13.5. The number of hydrogen-bond donors (Lipinski definition) is 2. The first-order valence-corrected chi connectivity index (χ1v) is 5.62. The van der Waals surface area contributed by atoms with Crippen LogP contribution in [0.4, 0.5) is 4.39 Å². The van der Waals surface area contributed by atoms with E-state index in [4.69, 9.17) is 10.8 Å². The molecule has 0 bridgehead atoms. The Morgan fingerprint density at radius 2 is 1.95 bits per heavy atom. The van der Waals surface area contributed by atoms with Gasteiger partial charge in [0, 0.05) is 24.0 Å². The zero-order valence-electron chi connectivity index (χ0n) is 9.95. The number of aromatic nitrogens is 2. The average molecular weight is 261 g/mol. The van der Waals surface area contributed by atoms with Crippen LogP contribution < -0.4 is 5.73 Å². The topological polar surface area (TPSA) is 89.1 Å². The van der Waals surface area contributed by atoms with Gasteiger partial charge in [-0.15, -0.1) is 0 Å². The van der Waals surface area contributed by atoms with Crippen molar-refractivity contribution < 1.29 is 14.3 Å². The highest BCUT2D eigenvalue weighted by Crippen LogP contribution is 2.19. The molecule has 1 atom stereocenters. The van der Waals surface area contributed by atoms with Gasteiger partial charge in [-0.1, -0.05) is 12.1 Å². The second kappa shape index (κ2) is 5.53. The third kappa shape index (κ3) is 3.11. The summed E-state index contributed by atoms with van der Waals surface area (Å²) in [6.07, 6.45) is 2.63. The number of carboxylic acids is 1. The first kappa shape index (κ1) is 13.1. The molecule has 0 amide bonds. The Morgan fingerprint density at radius 3 is 2.53 bits per heavy atom. The molecule has 98 valence electrons. The molecule has 0 radical (unpaired) electrons. The van der Waals surface area contributed by atoms with E-state index in [0.717, 1.165) is 0 Å². The van der Waals surface area contributed by atoms with Gasteiger partial charge in [0.1, 0.15) is 5.82 Å². The first-order chi connectivity index (χ1) is 9.08. The van der Waals surface area contributed by atoms with E-state index < -0.39 is 17.8 Å². The fourth-order valence-electron chi connectivity index (χ4n) is 1.62. The standard InChI is InChI=1S/C13H12FN3O2/c14-10-4-2-1-3-9(10)13-16-6-8(7-17-13)11(15)5-12(18)19/h1-4,6-7,11H,5,15H2,(H,18,19). The van der Waals surface area contributed by atoms with Gasteiger partial charge in [0.15, 0.2) is 5.82 Å². The quantitative estimate of drug-likeness (QED) is 0.875. The van der Waals surface area contributed by atoms with Gasteiger partial charge in [0.05, 0.1) is 12.0 Å². The molecular formula is C13H12FN3O2. The fraction of sp³-hybridized carbons (Fsp3) is 0.154. The number of nitrogens with zero attached hydrogens (tertiary/aromatic N) is 2. The molecule has 3 N–H and O–H groups in total. The average Bonchev–Trinajstić information content (AvgIpc) is 2.39. The predicted octanol–water partition coefficient (Wildman–Crippen LogP) is 1.76. The summed E-state index contributed by atoms with van der Waals surface area (Å²) < 4.78 is 13.5. The fourth-order valence-corrected chi connectivity index (χ4v) is 1.62. The van der Waals surface area contributed by atoms with Crippen LogP contribution in [-0.4, -0.2) is 21.0 Å². The van der Waals surface area contributed by atoms with E-state index in [1.165, 1.54) is 18.5 Å². The van der Waals surface area contributed by atoms with Gasteiger partial charge in [-0.2, -0.15) is 0 Å². The van der Waals surface area contributed by atoms with E-state index in [2.05, 4.69) is 9.97 Å². The molecule has 2 aromatic rings. The van der Waals surface area contributed by atoms with Gasteiger partial charge < -0.3 is 10.8 Å². The highest BCUT2D eigenvalue weighted by atomic mass is 19.1. The summed E-state index contributed by atoms with van der Waals surface area (Å²) >= 11 is 0. The normalized spacial score (nSPS) is 12.1. The lowest BCUT2D eigenvalue weighted by Gasteiger charge is -2.09. The van der Waals surface area contributed by atoms with Crippen LogP contribution in [0.1, 0.15) is 18.0 Å². The van der Waals surface area contributed by atoms with Crippen LogP contribution in [0.15, 0.2) is 36.7 Å². The van der Waals surface area contributed by atoms with Gasteiger partial charge >= 0.3 is 5.97 Å². The third-order valence-corrected chi connectivity index (χ3v) is 2.61. The molecule has 0 aliphatic heterocycles. The van der Waals surface area contributed by atoms with Gasteiger partial charge in [-0.3, -0.25) is 4.79 Å². The van der Waals surface area contributed by atoms with E-state index in [1.807, 2.05) is 0 Å². The van der Waals surface area contributed by atoms with Gasteiger partial charge in [-0.05, 0) is 12.1 Å². The van der Waals surface area contributed by atoms with Crippen molar-refractivity contribution in [2.75, 3.05) is 0 Å². The second-order valence-electron chi connectivity index (χ2n) is 4.02. The molecule has 1 aromatic carbocycles. The lowest BCUT2D eigenvalue weighted by atomic mass is 10.1. The Bertz CT molecular complexity index is 587. The number of aliphatic carboxylic acids is 1. The molecular weight excluding hydrogens is 249 g/mol. The van der Waals surface area contributed by atoms with E-state index in [1.54, 1.807) is 18.2 Å². The lowest BCUT2D eigenvalue weighted by molar-refractivity contribution is -0.137. The number of benzene rings is 1. The summed E-state index contributed by atoms with van der Waals surface area (Å²) in [6.45, 7) is 0. The van der Waals surface area contributed by atoms with E-state index in [9.17, 15) is 9.18 Å². The summed E-state index contributed by atoms with van der Waals surface area (Å²) in [5, 5.41) is 8.64. The number of nitrogens with two attached hydrogens (primary N) is 1. The first-order valence-electron chi connectivity index (χ1n) is 5.62. The minimum atomic E-state index is -0.995. The van der Waals surface area contributed by atoms with Crippen molar-refractivity contribution in [1.29, 1.82) is 0 Å². The minimum Gasteiger partial charge on any atom is -0.481 e. The van der Waals surface area contributed by atoms with Crippen LogP contribution in [-0.2, 0) is 4.79 Å². The number of hydrogen-bond acceptors (Lipinski definition) is 4. The summed E-state index contributed by atoms with van der Waals surface area (Å²) in [6, 6.07) is 5.48. The van der Waals surface area contributed by atoms with Crippen LogP contribution >= 0.6 is 0 Å². The number of carbonyl (C=O) groups is 1. The van der Waals surface area contributed by atoms with Crippen molar-refractivity contribution >= 4 is 5.97 Å². The number of rotatable bonds is 4. The molecule has 1 heterocycles. The van der Waals surface area contributed by atoms with Gasteiger partial charge in [0.25, 0.3) is 0 Å². The van der Waals surface area contributed by atoms with Crippen LogP contribution in [0, 0.1) is 5.82 Å². The van der Waals surface area contributed by atoms with Crippen molar-refractivity contribution in [3.8, 4) is 11.4 Å². The Morgan fingerprint density at radius 1 is 1.32 bits per heavy atom. The van der Waals surface area contributed by atoms with E-state index in [0.29, 0.717) is 11.1 Å². The van der Waals surface area contributed by atoms with Crippen molar-refractivity contribution in [3.05, 3.63) is 48.0 Å². The summed E-state index contributed by atoms with van der Waals surface area (Å²) in [7, 11) is 0. The van der Waals surface area contributed by atoms with Crippen molar-refractivity contribution in [2.24, 2.45) is 5.73 Å². The lowest BCUT2D eigenvalue weighted by Crippen LogP contribution is -2.15. The van der Waals surface area contributed by atoms with Crippen molar-refractivity contribution in [3.63, 3.8) is 0 Å². The van der Waals surface area contributed by atoms with E-state index >= 15 is 0 Å². The molecule has 0 saturated carbocycles. The largest absolute Gasteiger partial charge is 0.481 e. The summed E-state index contributed by atoms with van der Waals surface area (Å²) in [5.41, 5.74) is 6.47. The van der Waals surface area contributed by atoms with Crippen LogP contribution in [0.3, 0.4) is 0 Å². The van der Waals surface area contributed by atoms with Crippen LogP contribution in [0.5, 0.6) is 0 Å². The molecule has 0 aliphatic carbocycles. The maximum Gasteiger partial charge on any atom is 0.305 e. The Labute approximate surface area is 108 Å². The Kier molecular flexibility index (Phi) is 3.82. The monoisotopic (exact) mass is 261 g/mol. The van der Waals surface area contributed by atoms with Gasteiger partial charge in [-0.25, -0.2) is 14.4 Å². The summed E-state index contributed by atoms with van der Waals surface area (Å²) in [5.74, 6) is -1.17. The molecule has 0 fully saturated rings. The highest BCUT2D eigenvalue weighted by molar-refractivity contribution is 5.67. The molecule has 0 saturated heterocycles. The van der Waals surface area contributed by atoms with Crippen molar-refractivity contribution in [2.45, 2.75) is 12.5 Å². The highest BCUT2D eigenvalue weighted by Gasteiger charge is 2.13. The molecule has 19 heavy (non-hydrogen) atoms. The zero-order valence-corrected chi connectivity index (χ0v) is 9.95. The number of carboxylic acid groups (broad SMARTS) is 1. The molecule has 1 unspecified atom stereocenters. The van der Waals surface area contributed by atoms with Crippen LogP contribution in [0.2, 0.25) is 0 Å². The number of halogens is 1. The SMILES string of the molecule is NC(CC(=O)O)c1cnc(-c2ccccc2F)nc1. The third-order valence-electron chi connectivity index (χ3n) is 2.61. The zero-order chi connectivity index (χ0) is 13.8. The van der Waals surface area contributed by atoms with Gasteiger partial charge in [0.2, 0.25) is 0 Å². The predicted molar refractivity (Wildman–Crippen MR) is 66.6 cm³/mol. The minimum absolute atomic E-state index is 0.206. The smallest absolute Gasteiger partial charge is 0.305 e. The van der Waals surface area contributed by atoms with Crippen molar-refractivity contribution in [1.82, 2.24) is 9.97 Å². The molecule has 1 aromatic heterocycles. The Hall–Kier alpha value is -2.34.